The number of thiophene rings is 1. The third-order valence-corrected chi connectivity index (χ3v) is 4.98. The Morgan fingerprint density at radius 1 is 1.42 bits per heavy atom. The van der Waals surface area contributed by atoms with E-state index in [1.807, 2.05) is 7.05 Å². The van der Waals surface area contributed by atoms with Crippen molar-refractivity contribution in [3.63, 3.8) is 0 Å². The summed E-state index contributed by atoms with van der Waals surface area (Å²) in [4.78, 5) is 1.26. The van der Waals surface area contributed by atoms with Gasteiger partial charge in [0.05, 0.1) is 11.4 Å². The van der Waals surface area contributed by atoms with Crippen molar-refractivity contribution >= 4 is 21.4 Å². The van der Waals surface area contributed by atoms with Crippen molar-refractivity contribution in [1.82, 2.24) is 24.8 Å². The fourth-order valence-corrected chi connectivity index (χ4v) is 3.75. The Kier molecular flexibility index (Phi) is 4.30. The van der Waals surface area contributed by atoms with Crippen LogP contribution in [-0.2, 0) is 30.2 Å². The smallest absolute Gasteiger partial charge is 0.241 e. The molecule has 2 heterocycles. The molecule has 0 bridgehead atoms. The standard InChI is InChI=1S/C10H15N5O2S2/c1-11-4-8-3-9(6-18-8)19(16,17)13-5-10-14-12-7-15(10)2/h3,6-7,11,13H,4-5H2,1-2H3. The second-order valence-electron chi connectivity index (χ2n) is 3.96. The number of nitrogens with one attached hydrogen (secondary N) is 2. The summed E-state index contributed by atoms with van der Waals surface area (Å²) in [6.45, 7) is 0.777. The zero-order valence-corrected chi connectivity index (χ0v) is 12.3. The van der Waals surface area contributed by atoms with Crippen LogP contribution in [0.15, 0.2) is 22.7 Å². The third-order valence-electron chi connectivity index (χ3n) is 2.52. The predicted octanol–water partition coefficient (Wildman–Crippen LogP) is 0.0745. The highest BCUT2D eigenvalue weighted by molar-refractivity contribution is 7.89. The molecule has 0 aliphatic heterocycles. The Labute approximate surface area is 115 Å². The summed E-state index contributed by atoms with van der Waals surface area (Å²) in [6.07, 6.45) is 1.53. The summed E-state index contributed by atoms with van der Waals surface area (Å²) in [7, 11) is 0.0837. The first-order valence-corrected chi connectivity index (χ1v) is 7.94. The van der Waals surface area contributed by atoms with Gasteiger partial charge in [-0.1, -0.05) is 0 Å². The summed E-state index contributed by atoms with van der Waals surface area (Å²) in [5.74, 6) is 0.564. The molecule has 0 fully saturated rings. The molecule has 9 heteroatoms. The number of hydrogen-bond acceptors (Lipinski definition) is 6. The van der Waals surface area contributed by atoms with E-state index in [4.69, 9.17) is 0 Å². The fraction of sp³-hybridized carbons (Fsp3) is 0.400. The van der Waals surface area contributed by atoms with E-state index in [9.17, 15) is 8.42 Å². The molecule has 0 aliphatic rings. The van der Waals surface area contributed by atoms with Gasteiger partial charge in [-0.05, 0) is 13.1 Å². The lowest BCUT2D eigenvalue weighted by Crippen LogP contribution is -2.24. The molecule has 2 aromatic rings. The van der Waals surface area contributed by atoms with Gasteiger partial charge in [-0.3, -0.25) is 0 Å². The quantitative estimate of drug-likeness (QED) is 0.788. The van der Waals surface area contributed by atoms with Crippen LogP contribution in [-0.4, -0.2) is 30.2 Å². The lowest BCUT2D eigenvalue weighted by atomic mass is 10.5. The maximum absolute atomic E-state index is 12.1. The van der Waals surface area contributed by atoms with E-state index in [1.165, 1.54) is 17.7 Å². The predicted molar refractivity (Wildman–Crippen MR) is 72.1 cm³/mol. The molecule has 0 spiro atoms. The van der Waals surface area contributed by atoms with Crippen molar-refractivity contribution < 1.29 is 8.42 Å². The Hall–Kier alpha value is -1.29. The van der Waals surface area contributed by atoms with Crippen LogP contribution >= 0.6 is 11.3 Å². The number of nitrogens with zero attached hydrogens (tertiary/aromatic N) is 3. The van der Waals surface area contributed by atoms with E-state index in [2.05, 4.69) is 20.2 Å². The lowest BCUT2D eigenvalue weighted by Gasteiger charge is -2.04. The van der Waals surface area contributed by atoms with E-state index in [1.54, 1.807) is 23.1 Å². The summed E-state index contributed by atoms with van der Waals surface area (Å²) in [5.41, 5.74) is 0. The topological polar surface area (TPSA) is 88.9 Å². The number of rotatable bonds is 6. The molecule has 2 rings (SSSR count). The molecular formula is C10H15N5O2S2. The molecule has 0 unspecified atom stereocenters. The molecule has 104 valence electrons. The van der Waals surface area contributed by atoms with Gasteiger partial charge in [-0.15, -0.1) is 21.5 Å². The van der Waals surface area contributed by atoms with Crippen molar-refractivity contribution in [3.05, 3.63) is 28.5 Å². The molecule has 0 atom stereocenters. The highest BCUT2D eigenvalue weighted by Gasteiger charge is 2.16. The molecule has 2 N–H and O–H groups in total. The van der Waals surface area contributed by atoms with Crippen molar-refractivity contribution in [2.45, 2.75) is 18.0 Å². The van der Waals surface area contributed by atoms with Crippen LogP contribution in [0.3, 0.4) is 0 Å². The van der Waals surface area contributed by atoms with Gasteiger partial charge < -0.3 is 9.88 Å². The molecule has 7 nitrogen and oxygen atoms in total. The summed E-state index contributed by atoms with van der Waals surface area (Å²) in [5, 5.41) is 12.1. The molecule has 19 heavy (non-hydrogen) atoms. The Morgan fingerprint density at radius 2 is 2.21 bits per heavy atom. The van der Waals surface area contributed by atoms with Crippen molar-refractivity contribution in [2.24, 2.45) is 7.05 Å². The third kappa shape index (κ3) is 3.38. The first-order valence-electron chi connectivity index (χ1n) is 5.57. The van der Waals surface area contributed by atoms with Crippen LogP contribution in [0.1, 0.15) is 10.7 Å². The first kappa shape index (κ1) is 14.1. The highest BCUT2D eigenvalue weighted by Crippen LogP contribution is 2.19. The second-order valence-corrected chi connectivity index (χ2v) is 6.72. The van der Waals surface area contributed by atoms with Gasteiger partial charge in [-0.2, -0.15) is 0 Å². The van der Waals surface area contributed by atoms with Crippen LogP contribution in [0.4, 0.5) is 0 Å². The van der Waals surface area contributed by atoms with Crippen LogP contribution in [0, 0.1) is 0 Å². The van der Waals surface area contributed by atoms with E-state index in [0.29, 0.717) is 12.4 Å². The fourth-order valence-electron chi connectivity index (χ4n) is 1.48. The zero-order chi connectivity index (χ0) is 13.9. The van der Waals surface area contributed by atoms with E-state index in [0.717, 1.165) is 4.88 Å². The molecule has 0 aromatic carbocycles. The second kappa shape index (κ2) is 5.78. The van der Waals surface area contributed by atoms with Gasteiger partial charge in [0.15, 0.2) is 0 Å². The Balaban J connectivity index is 2.07. The van der Waals surface area contributed by atoms with Crippen LogP contribution in [0.25, 0.3) is 0 Å². The zero-order valence-electron chi connectivity index (χ0n) is 10.6. The average molecular weight is 301 g/mol. The number of sulfonamides is 1. The monoisotopic (exact) mass is 301 g/mol. The molecule has 0 radical (unpaired) electrons. The van der Waals surface area contributed by atoms with Crippen LogP contribution in [0.5, 0.6) is 0 Å². The van der Waals surface area contributed by atoms with E-state index in [-0.39, 0.29) is 11.4 Å². The van der Waals surface area contributed by atoms with Gasteiger partial charge in [0.2, 0.25) is 10.0 Å². The average Bonchev–Trinajstić information content (AvgIpc) is 2.97. The summed E-state index contributed by atoms with van der Waals surface area (Å²) < 4.78 is 28.3. The molecular weight excluding hydrogens is 286 g/mol. The SMILES string of the molecule is CNCc1cc(S(=O)(=O)NCc2nncn2C)cs1. The Morgan fingerprint density at radius 3 is 2.84 bits per heavy atom. The maximum Gasteiger partial charge on any atom is 0.241 e. The normalized spacial score (nSPS) is 11.9. The molecule has 2 aromatic heterocycles. The lowest BCUT2D eigenvalue weighted by molar-refractivity contribution is 0.577. The van der Waals surface area contributed by atoms with E-state index >= 15 is 0 Å². The minimum Gasteiger partial charge on any atom is -0.320 e. The maximum atomic E-state index is 12.1. The van der Waals surface area contributed by atoms with Gasteiger partial charge in [0.1, 0.15) is 12.2 Å². The number of aromatic nitrogens is 3. The highest BCUT2D eigenvalue weighted by atomic mass is 32.2. The minimum absolute atomic E-state index is 0.121. The number of hydrogen-bond donors (Lipinski definition) is 2. The van der Waals surface area contributed by atoms with Crippen LogP contribution in [0.2, 0.25) is 0 Å². The molecule has 0 saturated heterocycles. The Bertz CT molecular complexity index is 646. The molecule has 0 saturated carbocycles. The first-order chi connectivity index (χ1) is 9.03. The van der Waals surface area contributed by atoms with Crippen LogP contribution < -0.4 is 10.0 Å². The van der Waals surface area contributed by atoms with Crippen molar-refractivity contribution in [3.8, 4) is 0 Å². The molecule has 0 amide bonds. The number of aryl methyl sites for hydroxylation is 1. The summed E-state index contributed by atoms with van der Waals surface area (Å²) in [6, 6.07) is 1.67. The van der Waals surface area contributed by atoms with Gasteiger partial charge in [0, 0.05) is 23.8 Å². The van der Waals surface area contributed by atoms with Gasteiger partial charge in [0.25, 0.3) is 0 Å². The van der Waals surface area contributed by atoms with Gasteiger partial charge >= 0.3 is 0 Å². The summed E-state index contributed by atoms with van der Waals surface area (Å²) >= 11 is 1.41. The molecule has 0 aliphatic carbocycles. The minimum atomic E-state index is -3.50. The van der Waals surface area contributed by atoms with Crippen molar-refractivity contribution in [2.75, 3.05) is 7.05 Å². The van der Waals surface area contributed by atoms with Gasteiger partial charge in [-0.25, -0.2) is 13.1 Å². The largest absolute Gasteiger partial charge is 0.320 e. The van der Waals surface area contributed by atoms with E-state index < -0.39 is 10.0 Å². The van der Waals surface area contributed by atoms with Crippen molar-refractivity contribution in [1.29, 1.82) is 0 Å².